The Labute approximate surface area is 128 Å². The molecule has 5 heteroatoms. The molecule has 1 unspecified atom stereocenters. The number of hydrogen-bond donors (Lipinski definition) is 2. The monoisotopic (exact) mass is 309 g/mol. The molecule has 2 aromatic carbocycles. The molecular weight excluding hydrogens is 293 g/mol. The van der Waals surface area contributed by atoms with Gasteiger partial charge in [0.1, 0.15) is 24.3 Å². The Morgan fingerprint density at radius 2 is 1.95 bits per heavy atom. The minimum atomic E-state index is -0.760. The molecule has 112 valence electrons. The second-order valence-corrected chi connectivity index (χ2v) is 5.22. The molecule has 0 spiro atoms. The van der Waals surface area contributed by atoms with Crippen molar-refractivity contribution in [2.75, 3.05) is 18.5 Å². The van der Waals surface area contributed by atoms with Crippen LogP contribution in [0.25, 0.3) is 0 Å². The number of aliphatic hydroxyl groups is 1. The van der Waals surface area contributed by atoms with Crippen molar-refractivity contribution in [3.8, 4) is 5.75 Å². The van der Waals surface area contributed by atoms with Gasteiger partial charge in [0.05, 0.1) is 5.69 Å². The normalized spacial score (nSPS) is 12.0. The van der Waals surface area contributed by atoms with E-state index in [2.05, 4.69) is 5.32 Å². The number of benzene rings is 2. The zero-order valence-corrected chi connectivity index (χ0v) is 12.4. The fraction of sp³-hybridized carbons (Fsp3) is 0.250. The molecule has 0 aliphatic heterocycles. The van der Waals surface area contributed by atoms with Gasteiger partial charge in [-0.3, -0.25) is 0 Å². The average molecular weight is 310 g/mol. The Bertz CT molecular complexity index is 589. The Kier molecular flexibility index (Phi) is 5.42. The van der Waals surface area contributed by atoms with Gasteiger partial charge in [0.2, 0.25) is 0 Å². The summed E-state index contributed by atoms with van der Waals surface area (Å²) in [6.07, 6.45) is -0.760. The third kappa shape index (κ3) is 4.92. The van der Waals surface area contributed by atoms with Crippen LogP contribution in [0, 0.1) is 12.7 Å². The van der Waals surface area contributed by atoms with Crippen molar-refractivity contribution in [2.24, 2.45) is 0 Å². The fourth-order valence-corrected chi connectivity index (χ4v) is 1.92. The summed E-state index contributed by atoms with van der Waals surface area (Å²) >= 11 is 5.79. The van der Waals surface area contributed by atoms with Gasteiger partial charge in [0.15, 0.2) is 0 Å². The van der Waals surface area contributed by atoms with Gasteiger partial charge in [-0.1, -0.05) is 29.3 Å². The highest BCUT2D eigenvalue weighted by atomic mass is 35.5. The van der Waals surface area contributed by atoms with Gasteiger partial charge in [0, 0.05) is 11.6 Å². The lowest BCUT2D eigenvalue weighted by Gasteiger charge is -2.14. The molecule has 0 radical (unpaired) electrons. The molecule has 2 aromatic rings. The van der Waals surface area contributed by atoms with E-state index in [4.69, 9.17) is 16.3 Å². The lowest BCUT2D eigenvalue weighted by atomic mass is 10.2. The standard InChI is InChI=1S/C16H17ClFNO2/c1-11-2-5-14(6-3-11)21-10-13(20)9-19-16-8-12(17)4-7-15(16)18/h2-8,13,19-20H,9-10H2,1H3. The van der Waals surface area contributed by atoms with Gasteiger partial charge < -0.3 is 15.2 Å². The van der Waals surface area contributed by atoms with Gasteiger partial charge in [-0.25, -0.2) is 4.39 Å². The molecule has 3 nitrogen and oxygen atoms in total. The van der Waals surface area contributed by atoms with E-state index in [1.54, 1.807) is 0 Å². The predicted octanol–water partition coefficient (Wildman–Crippen LogP) is 3.64. The highest BCUT2D eigenvalue weighted by molar-refractivity contribution is 6.30. The summed E-state index contributed by atoms with van der Waals surface area (Å²) < 4.78 is 18.9. The zero-order valence-electron chi connectivity index (χ0n) is 11.6. The molecule has 1 atom stereocenters. The van der Waals surface area contributed by atoms with E-state index in [9.17, 15) is 9.50 Å². The van der Waals surface area contributed by atoms with Crippen molar-refractivity contribution < 1.29 is 14.2 Å². The number of hydrogen-bond acceptors (Lipinski definition) is 3. The quantitative estimate of drug-likeness (QED) is 0.856. The first-order chi connectivity index (χ1) is 10.0. The van der Waals surface area contributed by atoms with Crippen LogP contribution in [0.15, 0.2) is 42.5 Å². The van der Waals surface area contributed by atoms with Crippen molar-refractivity contribution in [1.82, 2.24) is 0 Å². The van der Waals surface area contributed by atoms with Crippen molar-refractivity contribution in [3.63, 3.8) is 0 Å². The van der Waals surface area contributed by atoms with Crippen molar-refractivity contribution >= 4 is 17.3 Å². The van der Waals surface area contributed by atoms with Crippen molar-refractivity contribution in [1.29, 1.82) is 0 Å². The number of rotatable bonds is 6. The lowest BCUT2D eigenvalue weighted by molar-refractivity contribution is 0.117. The van der Waals surface area contributed by atoms with Crippen LogP contribution in [0.4, 0.5) is 10.1 Å². The molecule has 0 aliphatic carbocycles. The molecule has 0 aromatic heterocycles. The van der Waals surface area contributed by atoms with Crippen molar-refractivity contribution in [3.05, 3.63) is 58.9 Å². The second-order valence-electron chi connectivity index (χ2n) is 4.78. The number of anilines is 1. The van der Waals surface area contributed by atoms with Crippen LogP contribution < -0.4 is 10.1 Å². The topological polar surface area (TPSA) is 41.5 Å². The Morgan fingerprint density at radius 3 is 2.67 bits per heavy atom. The zero-order chi connectivity index (χ0) is 15.2. The number of ether oxygens (including phenoxy) is 1. The molecule has 2 rings (SSSR count). The maximum Gasteiger partial charge on any atom is 0.146 e. The molecule has 0 amide bonds. The number of aliphatic hydroxyl groups excluding tert-OH is 1. The minimum absolute atomic E-state index is 0.123. The van der Waals surface area contributed by atoms with Crippen LogP contribution in [-0.4, -0.2) is 24.4 Å². The van der Waals surface area contributed by atoms with Crippen LogP contribution in [0.3, 0.4) is 0 Å². The molecule has 0 saturated carbocycles. The van der Waals surface area contributed by atoms with Gasteiger partial charge in [-0.15, -0.1) is 0 Å². The first-order valence-corrected chi connectivity index (χ1v) is 6.99. The third-order valence-electron chi connectivity index (χ3n) is 2.92. The van der Waals surface area contributed by atoms with Crippen LogP contribution in [0.1, 0.15) is 5.56 Å². The van der Waals surface area contributed by atoms with E-state index in [0.29, 0.717) is 10.8 Å². The molecular formula is C16H17ClFNO2. The smallest absolute Gasteiger partial charge is 0.146 e. The summed E-state index contributed by atoms with van der Waals surface area (Å²) in [7, 11) is 0. The van der Waals surface area contributed by atoms with Gasteiger partial charge in [0.25, 0.3) is 0 Å². The summed E-state index contributed by atoms with van der Waals surface area (Å²) in [5, 5.41) is 13.1. The van der Waals surface area contributed by atoms with E-state index >= 15 is 0 Å². The molecule has 0 bridgehead atoms. The van der Waals surface area contributed by atoms with Gasteiger partial charge >= 0.3 is 0 Å². The van der Waals surface area contributed by atoms with Gasteiger partial charge in [-0.05, 0) is 37.3 Å². The predicted molar refractivity (Wildman–Crippen MR) is 82.6 cm³/mol. The number of nitrogens with one attached hydrogen (secondary N) is 1. The van der Waals surface area contributed by atoms with Crippen molar-refractivity contribution in [2.45, 2.75) is 13.0 Å². The largest absolute Gasteiger partial charge is 0.491 e. The van der Waals surface area contributed by atoms with Crippen LogP contribution in [0.2, 0.25) is 5.02 Å². The summed E-state index contributed by atoms with van der Waals surface area (Å²) in [6.45, 7) is 2.28. The first kappa shape index (κ1) is 15.6. The fourth-order valence-electron chi connectivity index (χ4n) is 1.75. The van der Waals surface area contributed by atoms with E-state index < -0.39 is 11.9 Å². The second kappa shape index (κ2) is 7.29. The molecule has 2 N–H and O–H groups in total. The number of aryl methyl sites for hydroxylation is 1. The van der Waals surface area contributed by atoms with E-state index in [-0.39, 0.29) is 18.8 Å². The average Bonchev–Trinajstić information content (AvgIpc) is 2.47. The summed E-state index contributed by atoms with van der Waals surface area (Å²) in [4.78, 5) is 0. The maximum absolute atomic E-state index is 13.5. The Hall–Kier alpha value is -1.78. The highest BCUT2D eigenvalue weighted by Gasteiger charge is 2.08. The summed E-state index contributed by atoms with van der Waals surface area (Å²) in [5.41, 5.74) is 1.40. The van der Waals surface area contributed by atoms with E-state index in [1.807, 2.05) is 31.2 Å². The molecule has 21 heavy (non-hydrogen) atoms. The van der Waals surface area contributed by atoms with Gasteiger partial charge in [-0.2, -0.15) is 0 Å². The van der Waals surface area contributed by atoms with E-state index in [0.717, 1.165) is 5.56 Å². The van der Waals surface area contributed by atoms with Crippen LogP contribution in [0.5, 0.6) is 5.75 Å². The summed E-state index contributed by atoms with van der Waals surface area (Å²) in [5.74, 6) is 0.277. The first-order valence-electron chi connectivity index (χ1n) is 6.61. The summed E-state index contributed by atoms with van der Waals surface area (Å²) in [6, 6.07) is 11.8. The minimum Gasteiger partial charge on any atom is -0.491 e. The SMILES string of the molecule is Cc1ccc(OCC(O)CNc2cc(Cl)ccc2F)cc1. The number of halogens is 2. The third-order valence-corrected chi connectivity index (χ3v) is 3.16. The molecule has 0 heterocycles. The molecule has 0 aliphatic rings. The van der Waals surface area contributed by atoms with E-state index in [1.165, 1.54) is 18.2 Å². The molecule has 0 saturated heterocycles. The Balaban J connectivity index is 1.80. The Morgan fingerprint density at radius 1 is 1.24 bits per heavy atom. The van der Waals surface area contributed by atoms with Crippen LogP contribution >= 0.6 is 11.6 Å². The van der Waals surface area contributed by atoms with Crippen LogP contribution in [-0.2, 0) is 0 Å². The molecule has 0 fully saturated rings. The highest BCUT2D eigenvalue weighted by Crippen LogP contribution is 2.19. The lowest BCUT2D eigenvalue weighted by Crippen LogP contribution is -2.26. The maximum atomic E-state index is 13.5.